The lowest BCUT2D eigenvalue weighted by Crippen LogP contribution is -2.10. The minimum atomic E-state index is 0.874. The van der Waals surface area contributed by atoms with E-state index in [9.17, 15) is 0 Å². The average molecular weight is 866 g/mol. The molecule has 0 spiro atoms. The number of fused-ring (bicyclic) bond motifs is 7. The van der Waals surface area contributed by atoms with Crippen LogP contribution in [0.3, 0.4) is 0 Å². The highest BCUT2D eigenvalue weighted by Gasteiger charge is 2.20. The van der Waals surface area contributed by atoms with E-state index in [-0.39, 0.29) is 0 Å². The molecule has 318 valence electrons. The molecule has 12 aromatic carbocycles. The van der Waals surface area contributed by atoms with Crippen molar-refractivity contribution in [3.8, 4) is 55.6 Å². The van der Waals surface area contributed by atoms with Crippen LogP contribution in [0, 0.1) is 0 Å². The Hall–Kier alpha value is -8.98. The monoisotopic (exact) mass is 865 g/mol. The lowest BCUT2D eigenvalue weighted by molar-refractivity contribution is 0.669. The van der Waals surface area contributed by atoms with Crippen LogP contribution in [0.4, 0.5) is 17.1 Å². The van der Waals surface area contributed by atoms with Gasteiger partial charge in [0, 0.05) is 27.8 Å². The van der Waals surface area contributed by atoms with Gasteiger partial charge in [-0.25, -0.2) is 0 Å². The first-order chi connectivity index (χ1) is 33.7. The third-order valence-corrected chi connectivity index (χ3v) is 13.6. The minimum Gasteiger partial charge on any atom is -0.456 e. The SMILES string of the molecule is c1ccc(-c2c(-c3ccccc3)c3cc(-c4cccc(N(c5ccc(-c6ccc(-c7ccc8ccccc8c7)cc6)cc5)c5ccc6oc7ccccc7c6c5)c4)ccc3c3ccccc23)cc1. The molecule has 2 heteroatoms. The summed E-state index contributed by atoms with van der Waals surface area (Å²) < 4.78 is 6.32. The zero-order chi connectivity index (χ0) is 45.0. The first kappa shape index (κ1) is 39.4. The Bertz CT molecular complexity index is 4000. The number of nitrogens with zero attached hydrogens (tertiary/aromatic N) is 1. The third kappa shape index (κ3) is 6.90. The van der Waals surface area contributed by atoms with Gasteiger partial charge in [-0.3, -0.25) is 0 Å². The second kappa shape index (κ2) is 16.5. The Morgan fingerprint density at radius 2 is 0.706 bits per heavy atom. The largest absolute Gasteiger partial charge is 0.456 e. The zero-order valence-corrected chi connectivity index (χ0v) is 37.2. The Morgan fingerprint density at radius 1 is 0.221 bits per heavy atom. The summed E-state index contributed by atoms with van der Waals surface area (Å²) in [6.45, 7) is 0. The molecule has 0 fully saturated rings. The number of benzene rings is 12. The number of anilines is 3. The van der Waals surface area contributed by atoms with Gasteiger partial charge < -0.3 is 9.32 Å². The van der Waals surface area contributed by atoms with Gasteiger partial charge in [-0.1, -0.05) is 200 Å². The Kier molecular flexibility index (Phi) is 9.54. The molecule has 13 rings (SSSR count). The summed E-state index contributed by atoms with van der Waals surface area (Å²) in [6.07, 6.45) is 0. The van der Waals surface area contributed by atoms with Crippen molar-refractivity contribution in [1.29, 1.82) is 0 Å². The van der Waals surface area contributed by atoms with E-state index in [0.717, 1.165) is 55.7 Å². The van der Waals surface area contributed by atoms with Crippen LogP contribution in [0.2, 0.25) is 0 Å². The minimum absolute atomic E-state index is 0.874. The molecule has 0 unspecified atom stereocenters. The standard InChI is InChI=1S/C66H43NO/c1-3-15-48(16-4-1)65-60-24-10-9-22-57(60)58-38-34-53(42-62(58)66(65)49-17-5-2-6-18-49)51-20-13-21-55(41-51)67(56-37-39-64-61(43-56)59-23-11-12-25-63(59)68-64)54-35-32-46(33-36-54)45-26-28-47(29-27-45)52-31-30-44-14-7-8-19-50(44)40-52/h1-43H. The average Bonchev–Trinajstić information content (AvgIpc) is 3.79. The molecule has 0 bridgehead atoms. The van der Waals surface area contributed by atoms with Crippen molar-refractivity contribution in [3.05, 3.63) is 261 Å². The predicted molar refractivity (Wildman–Crippen MR) is 288 cm³/mol. The van der Waals surface area contributed by atoms with E-state index in [2.05, 4.69) is 254 Å². The van der Waals surface area contributed by atoms with E-state index in [1.54, 1.807) is 0 Å². The maximum atomic E-state index is 6.32. The van der Waals surface area contributed by atoms with E-state index in [1.165, 1.54) is 71.3 Å². The highest BCUT2D eigenvalue weighted by atomic mass is 16.3. The summed E-state index contributed by atoms with van der Waals surface area (Å²) in [4.78, 5) is 2.37. The van der Waals surface area contributed by atoms with Crippen molar-refractivity contribution < 1.29 is 4.42 Å². The van der Waals surface area contributed by atoms with Crippen molar-refractivity contribution in [2.45, 2.75) is 0 Å². The fraction of sp³-hybridized carbons (Fsp3) is 0. The maximum Gasteiger partial charge on any atom is 0.135 e. The molecule has 2 nitrogen and oxygen atoms in total. The van der Waals surface area contributed by atoms with E-state index in [0.29, 0.717) is 0 Å². The molecule has 0 aliphatic carbocycles. The fourth-order valence-corrected chi connectivity index (χ4v) is 10.3. The van der Waals surface area contributed by atoms with Gasteiger partial charge >= 0.3 is 0 Å². The Morgan fingerprint density at radius 3 is 1.46 bits per heavy atom. The van der Waals surface area contributed by atoms with Crippen LogP contribution < -0.4 is 4.90 Å². The third-order valence-electron chi connectivity index (χ3n) is 13.6. The van der Waals surface area contributed by atoms with Crippen molar-refractivity contribution >= 4 is 71.3 Å². The molecule has 0 saturated carbocycles. The van der Waals surface area contributed by atoms with Crippen LogP contribution in [0.15, 0.2) is 265 Å². The number of hydrogen-bond donors (Lipinski definition) is 0. The molecule has 0 radical (unpaired) electrons. The van der Waals surface area contributed by atoms with Crippen molar-refractivity contribution in [2.24, 2.45) is 0 Å². The quantitative estimate of drug-likeness (QED) is 0.142. The molecular formula is C66H43NO. The molecule has 1 heterocycles. The first-order valence-corrected chi connectivity index (χ1v) is 23.3. The summed E-state index contributed by atoms with van der Waals surface area (Å²) in [5.74, 6) is 0. The second-order valence-corrected chi connectivity index (χ2v) is 17.6. The van der Waals surface area contributed by atoms with Gasteiger partial charge in [0.05, 0.1) is 0 Å². The van der Waals surface area contributed by atoms with Gasteiger partial charge in [0.2, 0.25) is 0 Å². The van der Waals surface area contributed by atoms with Crippen molar-refractivity contribution in [3.63, 3.8) is 0 Å². The molecule has 0 N–H and O–H groups in total. The number of rotatable bonds is 8. The predicted octanol–water partition coefficient (Wildman–Crippen LogP) is 18.9. The highest BCUT2D eigenvalue weighted by Crippen LogP contribution is 2.46. The zero-order valence-electron chi connectivity index (χ0n) is 37.2. The Balaban J connectivity index is 0.933. The molecular weight excluding hydrogens is 823 g/mol. The normalized spacial score (nSPS) is 11.5. The summed E-state index contributed by atoms with van der Waals surface area (Å²) in [5, 5.41) is 9.67. The summed E-state index contributed by atoms with van der Waals surface area (Å²) in [5.41, 5.74) is 16.9. The lowest BCUT2D eigenvalue weighted by atomic mass is 9.84. The van der Waals surface area contributed by atoms with Crippen LogP contribution >= 0.6 is 0 Å². The molecule has 13 aromatic rings. The van der Waals surface area contributed by atoms with E-state index >= 15 is 0 Å². The smallest absolute Gasteiger partial charge is 0.135 e. The van der Waals surface area contributed by atoms with Gasteiger partial charge in [0.1, 0.15) is 11.2 Å². The number of furan rings is 1. The lowest BCUT2D eigenvalue weighted by Gasteiger charge is -2.26. The van der Waals surface area contributed by atoms with Crippen LogP contribution in [0.1, 0.15) is 0 Å². The Labute approximate surface area is 395 Å². The van der Waals surface area contributed by atoms with Crippen molar-refractivity contribution in [2.75, 3.05) is 4.90 Å². The van der Waals surface area contributed by atoms with Crippen LogP contribution in [0.25, 0.3) is 110 Å². The van der Waals surface area contributed by atoms with Gasteiger partial charge in [0.25, 0.3) is 0 Å². The topological polar surface area (TPSA) is 16.4 Å². The number of para-hydroxylation sites is 1. The molecule has 0 atom stereocenters. The molecule has 0 saturated heterocycles. The van der Waals surface area contributed by atoms with Crippen LogP contribution in [-0.2, 0) is 0 Å². The van der Waals surface area contributed by atoms with E-state index in [4.69, 9.17) is 4.42 Å². The summed E-state index contributed by atoms with van der Waals surface area (Å²) in [6, 6.07) is 94.6. The van der Waals surface area contributed by atoms with Crippen molar-refractivity contribution in [1.82, 2.24) is 0 Å². The number of hydrogen-bond acceptors (Lipinski definition) is 2. The van der Waals surface area contributed by atoms with Gasteiger partial charge in [-0.2, -0.15) is 0 Å². The van der Waals surface area contributed by atoms with Gasteiger partial charge in [0.15, 0.2) is 0 Å². The molecule has 0 aliphatic heterocycles. The van der Waals surface area contributed by atoms with Crippen LogP contribution in [-0.4, -0.2) is 0 Å². The molecule has 1 aromatic heterocycles. The van der Waals surface area contributed by atoms with Gasteiger partial charge in [-0.05, 0) is 149 Å². The summed E-state index contributed by atoms with van der Waals surface area (Å²) >= 11 is 0. The van der Waals surface area contributed by atoms with Crippen LogP contribution in [0.5, 0.6) is 0 Å². The van der Waals surface area contributed by atoms with Gasteiger partial charge in [-0.15, -0.1) is 0 Å². The van der Waals surface area contributed by atoms with E-state index < -0.39 is 0 Å². The second-order valence-electron chi connectivity index (χ2n) is 17.6. The molecule has 0 aliphatic rings. The fourth-order valence-electron chi connectivity index (χ4n) is 10.3. The highest BCUT2D eigenvalue weighted by molar-refractivity contribution is 6.22. The molecule has 0 amide bonds. The summed E-state index contributed by atoms with van der Waals surface area (Å²) in [7, 11) is 0. The maximum absolute atomic E-state index is 6.32. The first-order valence-electron chi connectivity index (χ1n) is 23.3. The molecule has 68 heavy (non-hydrogen) atoms. The van der Waals surface area contributed by atoms with E-state index in [1.807, 2.05) is 12.1 Å².